The molecule has 3 N–H and O–H groups in total. The van der Waals surface area contributed by atoms with Gasteiger partial charge >= 0.3 is 12.0 Å². The topological polar surface area (TPSA) is 126 Å². The van der Waals surface area contributed by atoms with Crippen LogP contribution in [0.15, 0.2) is 4.63 Å². The molecule has 0 unspecified atom stereocenters. The molecule has 0 bridgehead atoms. The van der Waals surface area contributed by atoms with Crippen molar-refractivity contribution in [2.75, 3.05) is 0 Å². The molecule has 1 heterocycles. The largest absolute Gasteiger partial charge is 0.412 e. The molecule has 8 nitrogen and oxygen atoms in total. The minimum atomic E-state index is -1.18. The van der Waals surface area contributed by atoms with Crippen LogP contribution >= 0.6 is 0 Å². The van der Waals surface area contributed by atoms with Crippen LogP contribution in [0.25, 0.3) is 0 Å². The molecule has 8 heteroatoms. The van der Waals surface area contributed by atoms with Crippen LogP contribution < -0.4 is 15.4 Å². The number of aliphatic hydroxyl groups is 1. The van der Waals surface area contributed by atoms with Crippen molar-refractivity contribution in [1.82, 2.24) is 5.16 Å². The number of rotatable bonds is 2. The molecule has 66 valence electrons. The molecule has 12 heavy (non-hydrogen) atoms. The number of primary amides is 1. The average Bonchev–Trinajstić information content (AvgIpc) is 2.32. The Morgan fingerprint density at radius 3 is 3.08 bits per heavy atom. The lowest BCUT2D eigenvalue weighted by Crippen LogP contribution is -2.30. The first kappa shape index (κ1) is 8.27. The normalized spacial score (nSPS) is 9.75. The molecule has 0 spiro atoms. The van der Waals surface area contributed by atoms with Crippen LogP contribution in [0.5, 0.6) is 5.88 Å². The predicted octanol–water partition coefficient (Wildman–Crippen LogP) is -1.74. The molecular formula is C4H5N3O5. The van der Waals surface area contributed by atoms with Gasteiger partial charge in [-0.3, -0.25) is 4.63 Å². The highest BCUT2D eigenvalue weighted by Gasteiger charge is 2.21. The standard InChI is InChI=1S/C4H5N3O5/c5-4(9)11-3-2(1-8)6-12-7(3)10/h8H,1H2,(H2,5,9). The summed E-state index contributed by atoms with van der Waals surface area (Å²) < 4.78 is 8.19. The van der Waals surface area contributed by atoms with Crippen LogP contribution in [-0.2, 0) is 6.61 Å². The molecule has 0 atom stereocenters. The molecule has 0 saturated carbocycles. The number of hydrogen-bond acceptors (Lipinski definition) is 6. The molecular weight excluding hydrogens is 170 g/mol. The first-order valence-corrected chi connectivity index (χ1v) is 2.82. The average molecular weight is 175 g/mol. The van der Waals surface area contributed by atoms with Gasteiger partial charge in [-0.2, -0.15) is 0 Å². The quantitative estimate of drug-likeness (QED) is 0.513. The summed E-state index contributed by atoms with van der Waals surface area (Å²) in [6, 6.07) is 0. The Balaban J connectivity index is 2.94. The second-order valence-electron chi connectivity index (χ2n) is 1.76. The Morgan fingerprint density at radius 2 is 2.58 bits per heavy atom. The third-order valence-electron chi connectivity index (χ3n) is 0.985. The third kappa shape index (κ3) is 1.42. The molecule has 0 aliphatic rings. The van der Waals surface area contributed by atoms with Crippen molar-refractivity contribution in [2.45, 2.75) is 6.61 Å². The lowest BCUT2D eigenvalue weighted by Gasteiger charge is -1.94. The fourth-order valence-corrected chi connectivity index (χ4v) is 0.556. The number of aromatic nitrogens is 2. The fourth-order valence-electron chi connectivity index (χ4n) is 0.556. The van der Waals surface area contributed by atoms with Crippen molar-refractivity contribution < 1.29 is 24.2 Å². The van der Waals surface area contributed by atoms with E-state index in [2.05, 4.69) is 20.3 Å². The summed E-state index contributed by atoms with van der Waals surface area (Å²) in [6.45, 7) is -0.582. The van der Waals surface area contributed by atoms with Crippen LogP contribution in [-0.4, -0.2) is 16.4 Å². The van der Waals surface area contributed by atoms with Crippen LogP contribution in [0.2, 0.25) is 0 Å². The lowest BCUT2D eigenvalue weighted by molar-refractivity contribution is -0.804. The van der Waals surface area contributed by atoms with Crippen LogP contribution in [0.4, 0.5) is 4.79 Å². The smallest absolute Gasteiger partial charge is 0.387 e. The van der Waals surface area contributed by atoms with Gasteiger partial charge in [-0.15, -0.1) is 0 Å². The molecule has 1 amide bonds. The van der Waals surface area contributed by atoms with Crippen LogP contribution in [0, 0.1) is 5.21 Å². The maximum atomic E-state index is 10.6. The van der Waals surface area contributed by atoms with Gasteiger partial charge in [0.15, 0.2) is 0 Å². The van der Waals surface area contributed by atoms with Crippen molar-refractivity contribution >= 4 is 6.09 Å². The minimum absolute atomic E-state index is 0.170. The SMILES string of the molecule is NC(=O)Oc1c(CO)no[n+]1[O-]. The summed E-state index contributed by atoms with van der Waals surface area (Å²) in [6.07, 6.45) is -1.18. The highest BCUT2D eigenvalue weighted by atomic mass is 16.8. The Hall–Kier alpha value is -1.83. The lowest BCUT2D eigenvalue weighted by atomic mass is 10.5. The van der Waals surface area contributed by atoms with Gasteiger partial charge in [0.25, 0.3) is 5.69 Å². The number of carbonyl (C=O) groups is 1. The maximum Gasteiger partial charge on any atom is 0.412 e. The van der Waals surface area contributed by atoms with E-state index in [-0.39, 0.29) is 10.6 Å². The zero-order valence-electron chi connectivity index (χ0n) is 5.76. The van der Waals surface area contributed by atoms with Crippen molar-refractivity contribution in [3.63, 3.8) is 0 Å². The van der Waals surface area contributed by atoms with Crippen molar-refractivity contribution in [1.29, 1.82) is 0 Å². The highest BCUT2D eigenvalue weighted by molar-refractivity contribution is 5.67. The molecule has 0 radical (unpaired) electrons. The molecule has 0 fully saturated rings. The molecule has 1 rings (SSSR count). The first-order valence-electron chi connectivity index (χ1n) is 2.82. The number of carbonyl (C=O) groups excluding carboxylic acids is 1. The summed E-state index contributed by atoms with van der Waals surface area (Å²) in [5.41, 5.74) is 4.42. The molecule has 1 aromatic rings. The summed E-state index contributed by atoms with van der Waals surface area (Å²) in [4.78, 5) is 10.0. The van der Waals surface area contributed by atoms with E-state index in [0.717, 1.165) is 0 Å². The van der Waals surface area contributed by atoms with E-state index in [9.17, 15) is 10.0 Å². The van der Waals surface area contributed by atoms with Gasteiger partial charge in [0.1, 0.15) is 6.61 Å². The second-order valence-corrected chi connectivity index (χ2v) is 1.76. The van der Waals surface area contributed by atoms with Crippen molar-refractivity contribution in [3.05, 3.63) is 10.9 Å². The molecule has 0 aromatic carbocycles. The Bertz CT molecular complexity index is 295. The summed E-state index contributed by atoms with van der Waals surface area (Å²) in [5.74, 6) is -0.551. The number of aliphatic hydroxyl groups excluding tert-OH is 1. The third-order valence-corrected chi connectivity index (χ3v) is 0.985. The monoisotopic (exact) mass is 175 g/mol. The van der Waals surface area contributed by atoms with Gasteiger partial charge in [0.2, 0.25) is 0 Å². The molecule has 1 aromatic heterocycles. The van der Waals surface area contributed by atoms with Crippen molar-refractivity contribution in [3.8, 4) is 5.88 Å². The van der Waals surface area contributed by atoms with Gasteiger partial charge in [-0.05, 0) is 4.90 Å². The van der Waals surface area contributed by atoms with E-state index in [0.29, 0.717) is 0 Å². The van der Waals surface area contributed by atoms with E-state index in [1.165, 1.54) is 0 Å². The number of nitrogens with zero attached hydrogens (tertiary/aromatic N) is 2. The molecule has 0 aliphatic carbocycles. The van der Waals surface area contributed by atoms with E-state index >= 15 is 0 Å². The summed E-state index contributed by atoms with van der Waals surface area (Å²) in [5, 5.41) is 22.2. The van der Waals surface area contributed by atoms with Crippen molar-refractivity contribution in [2.24, 2.45) is 5.73 Å². The maximum absolute atomic E-state index is 10.6. The minimum Gasteiger partial charge on any atom is -0.387 e. The Morgan fingerprint density at radius 1 is 1.92 bits per heavy atom. The predicted molar refractivity (Wildman–Crippen MR) is 31.6 cm³/mol. The number of ether oxygens (including phenoxy) is 1. The first-order chi connectivity index (χ1) is 5.65. The van der Waals surface area contributed by atoms with Gasteiger partial charge in [-0.1, -0.05) is 0 Å². The molecule has 0 saturated heterocycles. The number of nitrogens with two attached hydrogens (primary N) is 1. The van der Waals surface area contributed by atoms with Gasteiger partial charge in [0, 0.05) is 5.16 Å². The van der Waals surface area contributed by atoms with Gasteiger partial charge in [0.05, 0.1) is 0 Å². The highest BCUT2D eigenvalue weighted by Crippen LogP contribution is 2.09. The van der Waals surface area contributed by atoms with E-state index in [1.807, 2.05) is 0 Å². The Kier molecular flexibility index (Phi) is 2.10. The zero-order chi connectivity index (χ0) is 9.14. The summed E-state index contributed by atoms with van der Waals surface area (Å²) >= 11 is 0. The van der Waals surface area contributed by atoms with E-state index in [1.54, 1.807) is 0 Å². The Labute approximate surface area is 65.7 Å². The van der Waals surface area contributed by atoms with E-state index in [4.69, 9.17) is 5.11 Å². The van der Waals surface area contributed by atoms with Crippen LogP contribution in [0.1, 0.15) is 5.69 Å². The number of hydrogen-bond donors (Lipinski definition) is 2. The second kappa shape index (κ2) is 3.05. The fraction of sp³-hybridized carbons (Fsp3) is 0.250. The van der Waals surface area contributed by atoms with Gasteiger partial charge < -0.3 is 20.8 Å². The zero-order valence-corrected chi connectivity index (χ0v) is 5.76. The van der Waals surface area contributed by atoms with Gasteiger partial charge in [-0.25, -0.2) is 4.79 Å². The van der Waals surface area contributed by atoms with E-state index < -0.39 is 18.6 Å². The summed E-state index contributed by atoms with van der Waals surface area (Å²) in [7, 11) is 0. The number of amides is 1. The molecule has 0 aliphatic heterocycles. The van der Waals surface area contributed by atoms with Crippen LogP contribution in [0.3, 0.4) is 0 Å².